The number of carbonyl (C=O) groups is 4. The van der Waals surface area contributed by atoms with Gasteiger partial charge in [-0.05, 0) is 66.8 Å². The van der Waals surface area contributed by atoms with Crippen LogP contribution >= 0.6 is 11.6 Å². The molecule has 2 aliphatic heterocycles. The molecule has 3 atom stereocenters. The van der Waals surface area contributed by atoms with E-state index in [1.165, 1.54) is 4.90 Å². The average Bonchev–Trinajstić information content (AvgIpc) is 3.55. The molecule has 0 spiro atoms. The van der Waals surface area contributed by atoms with Crippen molar-refractivity contribution >= 4 is 45.3 Å². The summed E-state index contributed by atoms with van der Waals surface area (Å²) in [7, 11) is -2.39. The monoisotopic (exact) mass is 700 g/mol. The Labute approximate surface area is 287 Å². The molecule has 12 nitrogen and oxygen atoms in total. The summed E-state index contributed by atoms with van der Waals surface area (Å²) < 4.78 is 29.7. The lowest BCUT2D eigenvalue weighted by molar-refractivity contribution is -0.142. The number of hydrogen-bond donors (Lipinski definition) is 3. The number of sulfonamides is 1. The van der Waals surface area contributed by atoms with E-state index in [1.54, 1.807) is 72.3 Å². The van der Waals surface area contributed by atoms with E-state index in [0.717, 1.165) is 24.0 Å². The molecule has 5 rings (SSSR count). The van der Waals surface area contributed by atoms with Crippen LogP contribution < -0.4 is 15.8 Å². The number of carbonyl (C=O) groups excluding carboxylic acids is 4. The normalized spacial score (nSPS) is 22.8. The Kier molecular flexibility index (Phi) is 11.1. The summed E-state index contributed by atoms with van der Waals surface area (Å²) in [6.45, 7) is 3.91. The van der Waals surface area contributed by atoms with Crippen LogP contribution in [0.15, 0.2) is 48.5 Å². The van der Waals surface area contributed by atoms with Crippen LogP contribution in [0.25, 0.3) is 0 Å². The number of nitrogens with zero attached hydrogens (tertiary/aromatic N) is 3. The average molecular weight is 701 g/mol. The van der Waals surface area contributed by atoms with Crippen molar-refractivity contribution in [3.63, 3.8) is 0 Å². The smallest absolute Gasteiger partial charge is 0.245 e. The molecule has 14 heteroatoms. The van der Waals surface area contributed by atoms with E-state index < -0.39 is 33.4 Å². The van der Waals surface area contributed by atoms with Gasteiger partial charge in [-0.1, -0.05) is 48.0 Å². The first-order chi connectivity index (χ1) is 22.8. The van der Waals surface area contributed by atoms with E-state index in [1.807, 2.05) is 0 Å². The Morgan fingerprint density at radius 3 is 2.40 bits per heavy atom. The molecule has 1 unspecified atom stereocenters. The molecular weight excluding hydrogens is 656 g/mol. The Bertz CT molecular complexity index is 1630. The number of benzene rings is 2. The first-order valence-corrected chi connectivity index (χ1v) is 18.5. The number of likely N-dealkylation sites (tertiary alicyclic amines) is 2. The summed E-state index contributed by atoms with van der Waals surface area (Å²) in [6, 6.07) is 13.1. The minimum Gasteiger partial charge on any atom is -0.350 e. The molecular formula is C34H45ClN6O6S. The number of amides is 4. The zero-order valence-corrected chi connectivity index (χ0v) is 29.1. The highest BCUT2D eigenvalue weighted by Gasteiger charge is 2.67. The lowest BCUT2D eigenvalue weighted by Gasteiger charge is -2.34. The van der Waals surface area contributed by atoms with Crippen molar-refractivity contribution in [1.29, 1.82) is 0 Å². The summed E-state index contributed by atoms with van der Waals surface area (Å²) in [5.74, 6) is -2.33. The Morgan fingerprint density at radius 1 is 1.02 bits per heavy atom. The van der Waals surface area contributed by atoms with Gasteiger partial charge in [-0.25, -0.2) is 8.42 Å². The zero-order valence-electron chi connectivity index (χ0n) is 27.5. The van der Waals surface area contributed by atoms with E-state index in [2.05, 4.69) is 10.0 Å². The van der Waals surface area contributed by atoms with Gasteiger partial charge in [0.15, 0.2) is 0 Å². The van der Waals surface area contributed by atoms with Crippen molar-refractivity contribution in [3.8, 4) is 0 Å². The van der Waals surface area contributed by atoms with Crippen LogP contribution in [0, 0.1) is 11.8 Å². The molecule has 0 bridgehead atoms. The molecule has 260 valence electrons. The van der Waals surface area contributed by atoms with Crippen LogP contribution in [-0.4, -0.2) is 91.6 Å². The molecule has 2 aromatic carbocycles. The number of hydrogen-bond acceptors (Lipinski definition) is 7. The lowest BCUT2D eigenvalue weighted by atomic mass is 9.96. The maximum Gasteiger partial charge on any atom is 0.245 e. The van der Waals surface area contributed by atoms with Gasteiger partial charge in [0.2, 0.25) is 33.7 Å². The van der Waals surface area contributed by atoms with Gasteiger partial charge in [-0.3, -0.25) is 19.2 Å². The van der Waals surface area contributed by atoms with Gasteiger partial charge in [0, 0.05) is 58.3 Å². The predicted molar refractivity (Wildman–Crippen MR) is 182 cm³/mol. The van der Waals surface area contributed by atoms with Crippen molar-refractivity contribution in [1.82, 2.24) is 24.7 Å². The molecule has 3 aliphatic rings. The van der Waals surface area contributed by atoms with Crippen molar-refractivity contribution in [3.05, 3.63) is 70.2 Å². The summed E-state index contributed by atoms with van der Waals surface area (Å²) in [6.07, 6.45) is 2.46. The molecule has 0 aromatic heterocycles. The third-order valence-electron chi connectivity index (χ3n) is 9.80. The maximum absolute atomic E-state index is 14.4. The Morgan fingerprint density at radius 2 is 1.73 bits per heavy atom. The van der Waals surface area contributed by atoms with Crippen LogP contribution in [0.3, 0.4) is 0 Å². The molecule has 4 amide bonds. The quantitative estimate of drug-likeness (QED) is 0.305. The lowest BCUT2D eigenvalue weighted by Crippen LogP contribution is -2.57. The van der Waals surface area contributed by atoms with E-state index in [9.17, 15) is 27.6 Å². The third-order valence-corrected chi connectivity index (χ3v) is 11.4. The zero-order chi connectivity index (χ0) is 34.6. The standard InChI is InChI=1S/C34H45ClN6O6S/c1-23(42)40-15-12-24(13-16-40)21-39(2)32(44)29-18-34(29,38-48(46,47)22-25-7-4-3-5-8-25)33(45)41-14-6-9-30(41)31(43)37-20-27-17-28(35)11-10-26(27)19-36/h3-5,7-8,10-11,17,24,29-30,38H,6,9,12-16,18-22,36H2,1-2H3,(H,37,43)/t29-,30+,34?/m1/s1. The topological polar surface area (TPSA) is 162 Å². The van der Waals surface area contributed by atoms with Crippen LogP contribution in [0.4, 0.5) is 0 Å². The molecule has 2 aromatic rings. The highest BCUT2D eigenvalue weighted by molar-refractivity contribution is 7.88. The fourth-order valence-electron chi connectivity index (χ4n) is 7.03. The number of nitrogens with one attached hydrogen (secondary N) is 2. The van der Waals surface area contributed by atoms with E-state index in [0.29, 0.717) is 43.1 Å². The van der Waals surface area contributed by atoms with E-state index in [-0.39, 0.29) is 55.4 Å². The van der Waals surface area contributed by atoms with Crippen molar-refractivity contribution < 1.29 is 27.6 Å². The van der Waals surface area contributed by atoms with Gasteiger partial charge in [-0.2, -0.15) is 4.72 Å². The minimum atomic E-state index is -4.06. The molecule has 1 saturated carbocycles. The second-order valence-corrected chi connectivity index (χ2v) is 15.4. The number of piperidine rings is 1. The number of nitrogens with two attached hydrogens (primary N) is 1. The highest BCUT2D eigenvalue weighted by Crippen LogP contribution is 2.48. The molecule has 48 heavy (non-hydrogen) atoms. The summed E-state index contributed by atoms with van der Waals surface area (Å²) in [5, 5.41) is 3.41. The first-order valence-electron chi connectivity index (χ1n) is 16.5. The maximum atomic E-state index is 14.4. The summed E-state index contributed by atoms with van der Waals surface area (Å²) >= 11 is 6.17. The summed E-state index contributed by atoms with van der Waals surface area (Å²) in [5.41, 5.74) is 6.31. The van der Waals surface area contributed by atoms with Crippen molar-refractivity contribution in [2.45, 2.75) is 69.5 Å². The van der Waals surface area contributed by atoms with E-state index >= 15 is 0 Å². The third kappa shape index (κ3) is 8.19. The van der Waals surface area contributed by atoms with Gasteiger partial charge in [0.1, 0.15) is 11.6 Å². The molecule has 0 radical (unpaired) electrons. The minimum absolute atomic E-state index is 0.000971. The second kappa shape index (κ2) is 14.9. The predicted octanol–water partition coefficient (Wildman–Crippen LogP) is 2.00. The highest BCUT2D eigenvalue weighted by atomic mass is 35.5. The SMILES string of the molecule is CC(=O)N1CCC(CN(C)C(=O)[C@H]2CC2(NS(=O)(=O)Cc2ccccc2)C(=O)N2CCC[C@H]2C(=O)NCc2cc(Cl)ccc2CN)CC1. The fourth-order valence-corrected chi connectivity index (χ4v) is 8.80. The molecule has 2 saturated heterocycles. The van der Waals surface area contributed by atoms with Crippen LogP contribution in [0.5, 0.6) is 0 Å². The van der Waals surface area contributed by atoms with Gasteiger partial charge >= 0.3 is 0 Å². The second-order valence-electron chi connectivity index (χ2n) is 13.2. The molecule has 2 heterocycles. The Balaban J connectivity index is 1.32. The number of halogens is 1. The van der Waals surface area contributed by atoms with Crippen LogP contribution in [-0.2, 0) is 48.0 Å². The van der Waals surface area contributed by atoms with Crippen molar-refractivity contribution in [2.24, 2.45) is 17.6 Å². The first kappa shape index (κ1) is 35.8. The largest absolute Gasteiger partial charge is 0.350 e. The van der Waals surface area contributed by atoms with Crippen molar-refractivity contribution in [2.75, 3.05) is 33.2 Å². The van der Waals surface area contributed by atoms with Gasteiger partial charge in [0.25, 0.3) is 0 Å². The van der Waals surface area contributed by atoms with Gasteiger partial charge in [0.05, 0.1) is 11.7 Å². The molecule has 4 N–H and O–H groups in total. The van der Waals surface area contributed by atoms with E-state index in [4.69, 9.17) is 17.3 Å². The Hall–Kier alpha value is -3.52. The van der Waals surface area contributed by atoms with Gasteiger partial charge < -0.3 is 25.8 Å². The van der Waals surface area contributed by atoms with Gasteiger partial charge in [-0.15, -0.1) is 0 Å². The summed E-state index contributed by atoms with van der Waals surface area (Å²) in [4.78, 5) is 58.3. The number of rotatable bonds is 12. The van der Waals surface area contributed by atoms with Crippen LogP contribution in [0.1, 0.15) is 55.7 Å². The van der Waals surface area contributed by atoms with Crippen LogP contribution in [0.2, 0.25) is 5.02 Å². The molecule has 3 fully saturated rings. The fraction of sp³-hybridized carbons (Fsp3) is 0.529. The molecule has 1 aliphatic carbocycles.